The molecule has 8 heteroatoms. The van der Waals surface area contributed by atoms with Crippen molar-refractivity contribution in [3.63, 3.8) is 0 Å². The van der Waals surface area contributed by atoms with Crippen LogP contribution in [-0.2, 0) is 16.0 Å². The van der Waals surface area contributed by atoms with Gasteiger partial charge in [0.15, 0.2) is 0 Å². The molecule has 0 saturated carbocycles. The number of rotatable bonds is 5. The Kier molecular flexibility index (Phi) is 6.97. The number of carbonyl (C=O) groups excluding carboxylic acids is 1. The molecule has 0 atom stereocenters. The number of esters is 1. The number of nitro groups is 1. The van der Waals surface area contributed by atoms with Crippen molar-refractivity contribution in [1.29, 1.82) is 0 Å². The Balaban J connectivity index is 0.00000116. The summed E-state index contributed by atoms with van der Waals surface area (Å²) in [6.45, 7) is 6.10. The van der Waals surface area contributed by atoms with Gasteiger partial charge in [-0.3, -0.25) is 19.3 Å². The third kappa shape index (κ3) is 4.52. The molecule has 0 radical (unpaired) electrons. The third-order valence-electron chi connectivity index (χ3n) is 2.66. The molecule has 2 aromatic rings. The molecule has 2 heterocycles. The summed E-state index contributed by atoms with van der Waals surface area (Å²) in [5.74, 6) is -0.281. The van der Waals surface area contributed by atoms with Crippen molar-refractivity contribution in [2.75, 3.05) is 6.61 Å². The Morgan fingerprint density at radius 1 is 1.45 bits per heavy atom. The average Bonchev–Trinajstić information content (AvgIpc) is 2.88. The van der Waals surface area contributed by atoms with Crippen LogP contribution in [0.4, 0.5) is 5.69 Å². The summed E-state index contributed by atoms with van der Waals surface area (Å²) in [5.41, 5.74) is 1.23. The molecule has 120 valence electrons. The molecule has 2 rings (SSSR count). The number of hydrogen-bond acceptors (Lipinski definition) is 5. The van der Waals surface area contributed by atoms with Crippen LogP contribution >= 0.6 is 15.9 Å². The quantitative estimate of drug-likeness (QED) is 0.455. The van der Waals surface area contributed by atoms with Crippen LogP contribution < -0.4 is 0 Å². The molecule has 0 saturated heterocycles. The van der Waals surface area contributed by atoms with Crippen molar-refractivity contribution in [3.05, 3.63) is 38.7 Å². The van der Waals surface area contributed by atoms with E-state index in [0.29, 0.717) is 28.8 Å². The number of ether oxygens (including phenoxy) is 1. The summed E-state index contributed by atoms with van der Waals surface area (Å²) in [7, 11) is 0. The molecule has 2 aromatic heterocycles. The summed E-state index contributed by atoms with van der Waals surface area (Å²) < 4.78 is 6.78. The van der Waals surface area contributed by atoms with E-state index in [4.69, 9.17) is 4.74 Å². The van der Waals surface area contributed by atoms with Crippen molar-refractivity contribution in [2.24, 2.45) is 0 Å². The molecule has 0 spiro atoms. The molecule has 22 heavy (non-hydrogen) atoms. The first-order valence-electron chi connectivity index (χ1n) is 6.98. The standard InChI is InChI=1S/C12H12BrN3O4.C2H6/c1-2-20-12(17)4-3-8-6-15-7-10(16(18)19)9(13)5-11(15)14-8;1-2/h5-7H,2-4H2,1H3;1-2H3. The first kappa shape index (κ1) is 18.1. The van der Waals surface area contributed by atoms with E-state index in [1.54, 1.807) is 23.6 Å². The van der Waals surface area contributed by atoms with E-state index in [-0.39, 0.29) is 18.1 Å². The van der Waals surface area contributed by atoms with Crippen molar-refractivity contribution in [1.82, 2.24) is 9.38 Å². The zero-order chi connectivity index (χ0) is 16.7. The SMILES string of the molecule is CC.CCOC(=O)CCc1cn2cc([N+](=O)[O-])c(Br)cc2n1. The zero-order valence-electron chi connectivity index (χ0n) is 12.7. The van der Waals surface area contributed by atoms with Crippen LogP contribution in [0.3, 0.4) is 0 Å². The van der Waals surface area contributed by atoms with Crippen LogP contribution in [0, 0.1) is 10.1 Å². The molecule has 0 aromatic carbocycles. The fourth-order valence-corrected chi connectivity index (χ4v) is 2.22. The van der Waals surface area contributed by atoms with Gasteiger partial charge in [-0.25, -0.2) is 4.98 Å². The summed E-state index contributed by atoms with van der Waals surface area (Å²) in [6.07, 6.45) is 3.74. The van der Waals surface area contributed by atoms with E-state index in [9.17, 15) is 14.9 Å². The van der Waals surface area contributed by atoms with Crippen LogP contribution in [0.15, 0.2) is 22.9 Å². The summed E-state index contributed by atoms with van der Waals surface area (Å²) in [4.78, 5) is 26.0. The summed E-state index contributed by atoms with van der Waals surface area (Å²) in [6, 6.07) is 1.58. The summed E-state index contributed by atoms with van der Waals surface area (Å²) >= 11 is 3.14. The molecule has 7 nitrogen and oxygen atoms in total. The lowest BCUT2D eigenvalue weighted by Gasteiger charge is -1.98. The van der Waals surface area contributed by atoms with Gasteiger partial charge in [0.05, 0.1) is 29.8 Å². The molecular weight excluding hydrogens is 354 g/mol. The monoisotopic (exact) mass is 371 g/mol. The van der Waals surface area contributed by atoms with Gasteiger partial charge in [-0.05, 0) is 22.9 Å². The van der Waals surface area contributed by atoms with Crippen LogP contribution in [-0.4, -0.2) is 26.9 Å². The number of nitrogens with zero attached hydrogens (tertiary/aromatic N) is 3. The maximum absolute atomic E-state index is 11.3. The van der Waals surface area contributed by atoms with E-state index in [1.807, 2.05) is 13.8 Å². The number of imidazole rings is 1. The normalized spacial score (nSPS) is 10.0. The van der Waals surface area contributed by atoms with Gasteiger partial charge in [0, 0.05) is 18.7 Å². The van der Waals surface area contributed by atoms with Gasteiger partial charge in [0.25, 0.3) is 5.69 Å². The third-order valence-corrected chi connectivity index (χ3v) is 3.30. The molecule has 0 N–H and O–H groups in total. The molecule has 0 aliphatic rings. The zero-order valence-corrected chi connectivity index (χ0v) is 14.3. The second kappa shape index (κ2) is 8.47. The van der Waals surface area contributed by atoms with Gasteiger partial charge in [-0.15, -0.1) is 0 Å². The highest BCUT2D eigenvalue weighted by Gasteiger charge is 2.15. The van der Waals surface area contributed by atoms with Crippen LogP contribution in [0.5, 0.6) is 0 Å². The number of carbonyl (C=O) groups is 1. The lowest BCUT2D eigenvalue weighted by atomic mass is 10.2. The Hall–Kier alpha value is -1.96. The number of hydrogen-bond donors (Lipinski definition) is 0. The second-order valence-electron chi connectivity index (χ2n) is 4.07. The topological polar surface area (TPSA) is 86.7 Å². The van der Waals surface area contributed by atoms with Crippen LogP contribution in [0.1, 0.15) is 32.9 Å². The van der Waals surface area contributed by atoms with E-state index in [0.717, 1.165) is 0 Å². The van der Waals surface area contributed by atoms with Gasteiger partial charge >= 0.3 is 5.97 Å². The molecule has 0 unspecified atom stereocenters. The predicted molar refractivity (Wildman–Crippen MR) is 85.8 cm³/mol. The number of aryl methyl sites for hydroxylation is 1. The van der Waals surface area contributed by atoms with Crippen LogP contribution in [0.25, 0.3) is 5.65 Å². The van der Waals surface area contributed by atoms with E-state index >= 15 is 0 Å². The fraction of sp³-hybridized carbons (Fsp3) is 0.429. The largest absolute Gasteiger partial charge is 0.466 e. The highest BCUT2D eigenvalue weighted by Crippen LogP contribution is 2.26. The molecule has 0 aliphatic heterocycles. The fourth-order valence-electron chi connectivity index (χ4n) is 1.77. The van der Waals surface area contributed by atoms with E-state index in [1.165, 1.54) is 6.20 Å². The summed E-state index contributed by atoms with van der Waals surface area (Å²) in [5, 5.41) is 10.8. The van der Waals surface area contributed by atoms with Gasteiger partial charge in [-0.2, -0.15) is 0 Å². The van der Waals surface area contributed by atoms with Gasteiger partial charge < -0.3 is 4.74 Å². The number of pyridine rings is 1. The highest BCUT2D eigenvalue weighted by molar-refractivity contribution is 9.10. The number of halogens is 1. The average molecular weight is 372 g/mol. The molecule has 0 aliphatic carbocycles. The Morgan fingerprint density at radius 2 is 2.14 bits per heavy atom. The van der Waals surface area contributed by atoms with Crippen molar-refractivity contribution < 1.29 is 14.5 Å². The Labute approximate surface area is 136 Å². The minimum Gasteiger partial charge on any atom is -0.466 e. The first-order chi connectivity index (χ1) is 10.5. The maximum Gasteiger partial charge on any atom is 0.306 e. The minimum atomic E-state index is -0.470. The predicted octanol–water partition coefficient (Wildman–Crippen LogP) is 3.53. The maximum atomic E-state index is 11.3. The van der Waals surface area contributed by atoms with Crippen molar-refractivity contribution >= 4 is 33.2 Å². The van der Waals surface area contributed by atoms with E-state index < -0.39 is 4.92 Å². The van der Waals surface area contributed by atoms with Gasteiger partial charge in [0.1, 0.15) is 10.1 Å². The second-order valence-corrected chi connectivity index (χ2v) is 4.92. The minimum absolute atomic E-state index is 0.0353. The van der Waals surface area contributed by atoms with Gasteiger partial charge in [-0.1, -0.05) is 13.8 Å². The first-order valence-corrected chi connectivity index (χ1v) is 7.77. The van der Waals surface area contributed by atoms with Gasteiger partial charge in [0.2, 0.25) is 0 Å². The molecular formula is C14H18BrN3O4. The molecule has 0 amide bonds. The highest BCUT2D eigenvalue weighted by atomic mass is 79.9. The lowest BCUT2D eigenvalue weighted by Crippen LogP contribution is -2.05. The Bertz CT molecular complexity index is 669. The lowest BCUT2D eigenvalue weighted by molar-refractivity contribution is -0.386. The van der Waals surface area contributed by atoms with Crippen LogP contribution in [0.2, 0.25) is 0 Å². The number of aromatic nitrogens is 2. The number of fused-ring (bicyclic) bond motifs is 1. The Morgan fingerprint density at radius 3 is 2.73 bits per heavy atom. The smallest absolute Gasteiger partial charge is 0.306 e. The molecule has 0 fully saturated rings. The van der Waals surface area contributed by atoms with Crippen molar-refractivity contribution in [2.45, 2.75) is 33.6 Å². The molecule has 0 bridgehead atoms. The van der Waals surface area contributed by atoms with E-state index in [2.05, 4.69) is 20.9 Å². The van der Waals surface area contributed by atoms with Crippen molar-refractivity contribution in [3.8, 4) is 0 Å².